The summed E-state index contributed by atoms with van der Waals surface area (Å²) in [6.07, 6.45) is 0.881. The lowest BCUT2D eigenvalue weighted by atomic mass is 10.1. The molecule has 1 aromatic rings. The third-order valence-corrected chi connectivity index (χ3v) is 2.97. The van der Waals surface area contributed by atoms with Gasteiger partial charge in [-0.3, -0.25) is 4.79 Å². The third kappa shape index (κ3) is 2.15. The number of methoxy groups -OCH3 is 1. The summed E-state index contributed by atoms with van der Waals surface area (Å²) in [5, 5.41) is 8.63. The van der Waals surface area contributed by atoms with E-state index in [1.807, 2.05) is 0 Å². The van der Waals surface area contributed by atoms with Gasteiger partial charge in [0.05, 0.1) is 7.11 Å². The van der Waals surface area contributed by atoms with Crippen LogP contribution in [0.25, 0.3) is 0 Å². The van der Waals surface area contributed by atoms with E-state index in [1.54, 1.807) is 12.1 Å². The Kier molecular flexibility index (Phi) is 2.81. The number of hydrogen-bond acceptors (Lipinski definition) is 2. The lowest BCUT2D eigenvalue weighted by molar-refractivity contribution is -0.137. The molecular formula is C12H13FO3. The second-order valence-electron chi connectivity index (χ2n) is 4.09. The first-order valence-corrected chi connectivity index (χ1v) is 5.17. The Bertz CT molecular complexity index is 417. The summed E-state index contributed by atoms with van der Waals surface area (Å²) in [5.41, 5.74) is 0.604. The van der Waals surface area contributed by atoms with E-state index in [0.29, 0.717) is 11.3 Å². The normalized spacial score (nSPS) is 22.9. The summed E-state index contributed by atoms with van der Waals surface area (Å²) in [6.45, 7) is 0. The van der Waals surface area contributed by atoms with Crippen molar-refractivity contribution >= 4 is 5.97 Å². The van der Waals surface area contributed by atoms with E-state index in [0.717, 1.165) is 6.42 Å². The first-order valence-electron chi connectivity index (χ1n) is 5.17. The van der Waals surface area contributed by atoms with Crippen LogP contribution >= 0.6 is 0 Å². The topological polar surface area (TPSA) is 46.5 Å². The lowest BCUT2D eigenvalue weighted by Crippen LogP contribution is -1.98. The molecule has 1 aliphatic carbocycles. The van der Waals surface area contributed by atoms with Gasteiger partial charge < -0.3 is 9.84 Å². The number of hydrogen-bond donors (Lipinski definition) is 1. The maximum absolute atomic E-state index is 13.6. The van der Waals surface area contributed by atoms with E-state index in [2.05, 4.69) is 0 Å². The number of aliphatic carboxylic acids is 1. The zero-order valence-corrected chi connectivity index (χ0v) is 8.94. The van der Waals surface area contributed by atoms with Crippen LogP contribution in [0.4, 0.5) is 4.39 Å². The molecule has 86 valence electrons. The van der Waals surface area contributed by atoms with Crippen LogP contribution in [0.15, 0.2) is 18.2 Å². The molecule has 1 aromatic carbocycles. The second-order valence-corrected chi connectivity index (χ2v) is 4.09. The van der Waals surface area contributed by atoms with Gasteiger partial charge in [0, 0.05) is 12.5 Å². The lowest BCUT2D eigenvalue weighted by Gasteiger charge is -2.04. The average molecular weight is 224 g/mol. The number of halogens is 1. The predicted octanol–water partition coefficient (Wildman–Crippen LogP) is 2.41. The van der Waals surface area contributed by atoms with Crippen molar-refractivity contribution in [3.63, 3.8) is 0 Å². The quantitative estimate of drug-likeness (QED) is 0.854. The second kappa shape index (κ2) is 4.12. The fourth-order valence-corrected chi connectivity index (χ4v) is 2.01. The van der Waals surface area contributed by atoms with Gasteiger partial charge in [-0.1, -0.05) is 6.07 Å². The Morgan fingerprint density at radius 2 is 2.38 bits per heavy atom. The molecule has 0 heterocycles. The van der Waals surface area contributed by atoms with Crippen LogP contribution < -0.4 is 4.74 Å². The SMILES string of the molecule is COc1ccc(C2CC2CC(=O)O)c(F)c1. The fraction of sp³-hybridized carbons (Fsp3) is 0.417. The van der Waals surface area contributed by atoms with Crippen LogP contribution in [-0.4, -0.2) is 18.2 Å². The summed E-state index contributed by atoms with van der Waals surface area (Å²) in [5.74, 6) is -0.502. The zero-order valence-electron chi connectivity index (χ0n) is 8.94. The minimum Gasteiger partial charge on any atom is -0.497 e. The predicted molar refractivity (Wildman–Crippen MR) is 56.1 cm³/mol. The molecule has 4 heteroatoms. The van der Waals surface area contributed by atoms with E-state index in [-0.39, 0.29) is 24.1 Å². The van der Waals surface area contributed by atoms with Crippen molar-refractivity contribution in [2.24, 2.45) is 5.92 Å². The number of carboxylic acid groups (broad SMARTS) is 1. The standard InChI is InChI=1S/C12H13FO3/c1-16-8-2-3-9(11(13)6-8)10-4-7(10)5-12(14)15/h2-3,6-7,10H,4-5H2,1H3,(H,14,15). The highest BCUT2D eigenvalue weighted by molar-refractivity contribution is 5.67. The number of benzene rings is 1. The largest absolute Gasteiger partial charge is 0.497 e. The van der Waals surface area contributed by atoms with Crippen molar-refractivity contribution in [2.45, 2.75) is 18.8 Å². The van der Waals surface area contributed by atoms with Crippen LogP contribution in [0.1, 0.15) is 24.3 Å². The maximum Gasteiger partial charge on any atom is 0.303 e. The summed E-state index contributed by atoms with van der Waals surface area (Å²) >= 11 is 0. The zero-order chi connectivity index (χ0) is 11.7. The molecule has 0 saturated heterocycles. The van der Waals surface area contributed by atoms with Gasteiger partial charge in [0.25, 0.3) is 0 Å². The molecule has 3 nitrogen and oxygen atoms in total. The van der Waals surface area contributed by atoms with Gasteiger partial charge >= 0.3 is 5.97 Å². The van der Waals surface area contributed by atoms with Crippen LogP contribution in [0.2, 0.25) is 0 Å². The Balaban J connectivity index is 2.09. The molecule has 0 bridgehead atoms. The first kappa shape index (κ1) is 10.9. The number of carboxylic acids is 1. The number of rotatable bonds is 4. The maximum atomic E-state index is 13.6. The van der Waals surface area contributed by atoms with Gasteiger partial charge in [0.1, 0.15) is 11.6 Å². The molecule has 1 N–H and O–H groups in total. The minimum absolute atomic E-state index is 0.0574. The molecule has 16 heavy (non-hydrogen) atoms. The third-order valence-electron chi connectivity index (χ3n) is 2.97. The summed E-state index contributed by atoms with van der Waals surface area (Å²) < 4.78 is 18.5. The molecule has 0 aromatic heterocycles. The summed E-state index contributed by atoms with van der Waals surface area (Å²) in [7, 11) is 1.48. The molecular weight excluding hydrogens is 211 g/mol. The van der Waals surface area contributed by atoms with Crippen molar-refractivity contribution in [3.05, 3.63) is 29.6 Å². The van der Waals surface area contributed by atoms with E-state index in [1.165, 1.54) is 13.2 Å². The van der Waals surface area contributed by atoms with E-state index >= 15 is 0 Å². The van der Waals surface area contributed by atoms with Gasteiger partial charge in [-0.05, 0) is 29.9 Å². The molecule has 1 aliphatic rings. The van der Waals surface area contributed by atoms with Crippen molar-refractivity contribution < 1.29 is 19.0 Å². The van der Waals surface area contributed by atoms with Gasteiger partial charge in [0.15, 0.2) is 0 Å². The monoisotopic (exact) mass is 224 g/mol. The Morgan fingerprint density at radius 3 is 2.94 bits per heavy atom. The highest BCUT2D eigenvalue weighted by Crippen LogP contribution is 2.50. The highest BCUT2D eigenvalue weighted by atomic mass is 19.1. The van der Waals surface area contributed by atoms with Crippen LogP contribution in [0.5, 0.6) is 5.75 Å². The molecule has 0 spiro atoms. The van der Waals surface area contributed by atoms with E-state index < -0.39 is 5.97 Å². The smallest absolute Gasteiger partial charge is 0.303 e. The minimum atomic E-state index is -0.818. The van der Waals surface area contributed by atoms with Crippen LogP contribution in [0.3, 0.4) is 0 Å². The van der Waals surface area contributed by atoms with Crippen molar-refractivity contribution in [1.82, 2.24) is 0 Å². The molecule has 2 unspecified atom stereocenters. The Hall–Kier alpha value is -1.58. The van der Waals surface area contributed by atoms with Crippen molar-refractivity contribution in [1.29, 1.82) is 0 Å². The Labute approximate surface area is 92.9 Å². The molecule has 0 radical (unpaired) electrons. The van der Waals surface area contributed by atoms with Gasteiger partial charge in [-0.2, -0.15) is 0 Å². The molecule has 1 saturated carbocycles. The van der Waals surface area contributed by atoms with Gasteiger partial charge in [-0.15, -0.1) is 0 Å². The van der Waals surface area contributed by atoms with E-state index in [9.17, 15) is 9.18 Å². The van der Waals surface area contributed by atoms with Crippen molar-refractivity contribution in [3.8, 4) is 5.75 Å². The Morgan fingerprint density at radius 1 is 1.62 bits per heavy atom. The molecule has 0 amide bonds. The summed E-state index contributed by atoms with van der Waals surface area (Å²) in [6, 6.07) is 4.72. The van der Waals surface area contributed by atoms with Crippen LogP contribution in [0, 0.1) is 11.7 Å². The molecule has 2 rings (SSSR count). The fourth-order valence-electron chi connectivity index (χ4n) is 2.01. The highest BCUT2D eigenvalue weighted by Gasteiger charge is 2.41. The van der Waals surface area contributed by atoms with Crippen LogP contribution in [-0.2, 0) is 4.79 Å². The molecule has 0 aliphatic heterocycles. The average Bonchev–Trinajstić information content (AvgIpc) is 2.95. The van der Waals surface area contributed by atoms with Crippen molar-refractivity contribution in [2.75, 3.05) is 7.11 Å². The van der Waals surface area contributed by atoms with Gasteiger partial charge in [0.2, 0.25) is 0 Å². The van der Waals surface area contributed by atoms with Gasteiger partial charge in [-0.25, -0.2) is 4.39 Å². The number of carbonyl (C=O) groups is 1. The summed E-state index contributed by atoms with van der Waals surface area (Å²) in [4.78, 5) is 10.5. The van der Waals surface area contributed by atoms with E-state index in [4.69, 9.17) is 9.84 Å². The molecule has 1 fully saturated rings. The number of ether oxygens (including phenoxy) is 1. The molecule has 2 atom stereocenters. The first-order chi connectivity index (χ1) is 7.61.